The monoisotopic (exact) mass is 216 g/mol. The molecule has 0 aliphatic rings. The maximum Gasteiger partial charge on any atom is 0.104 e. The van der Waals surface area contributed by atoms with Crippen LogP contribution in [0.4, 0.5) is 0 Å². The Balaban J connectivity index is 2.29. The Labute approximate surface area is 95.1 Å². The molecule has 1 heterocycles. The molecule has 1 aromatic carbocycles. The molecule has 0 saturated heterocycles. The van der Waals surface area contributed by atoms with Crippen molar-refractivity contribution >= 4 is 0 Å². The van der Waals surface area contributed by atoms with Crippen molar-refractivity contribution in [3.8, 4) is 0 Å². The first-order valence-corrected chi connectivity index (χ1v) is 5.47. The van der Waals surface area contributed by atoms with Gasteiger partial charge in [0, 0.05) is 0 Å². The van der Waals surface area contributed by atoms with Crippen molar-refractivity contribution in [1.29, 1.82) is 0 Å². The highest BCUT2D eigenvalue weighted by atomic mass is 15.3. The second-order valence-corrected chi connectivity index (χ2v) is 3.80. The summed E-state index contributed by atoms with van der Waals surface area (Å²) in [6.45, 7) is 5.06. The topological polar surface area (TPSA) is 53.6 Å². The third-order valence-electron chi connectivity index (χ3n) is 2.55. The highest BCUT2D eigenvalue weighted by molar-refractivity contribution is 5.29. The van der Waals surface area contributed by atoms with Crippen LogP contribution in [-0.2, 0) is 0 Å². The fourth-order valence-electron chi connectivity index (χ4n) is 1.71. The van der Waals surface area contributed by atoms with Crippen LogP contribution in [0.3, 0.4) is 0 Å². The third-order valence-corrected chi connectivity index (χ3v) is 2.55. The van der Waals surface area contributed by atoms with Gasteiger partial charge < -0.3 is 5.32 Å². The molecule has 0 fully saturated rings. The van der Waals surface area contributed by atoms with Gasteiger partial charge in [0.1, 0.15) is 5.69 Å². The summed E-state index contributed by atoms with van der Waals surface area (Å²) in [5.41, 5.74) is 3.39. The third kappa shape index (κ3) is 2.28. The molecule has 0 aliphatic carbocycles. The van der Waals surface area contributed by atoms with Crippen LogP contribution in [-0.4, -0.2) is 22.0 Å². The normalized spacial score (nSPS) is 12.6. The van der Waals surface area contributed by atoms with Gasteiger partial charge in [-0.25, -0.2) is 0 Å². The lowest BCUT2D eigenvalue weighted by Crippen LogP contribution is -2.22. The highest BCUT2D eigenvalue weighted by Gasteiger charge is 2.14. The molecule has 0 aliphatic heterocycles. The molecule has 0 amide bonds. The Morgan fingerprint density at radius 3 is 2.62 bits per heavy atom. The zero-order valence-electron chi connectivity index (χ0n) is 9.57. The lowest BCUT2D eigenvalue weighted by Gasteiger charge is -2.15. The average molecular weight is 216 g/mol. The molecule has 2 aromatic rings. The molecule has 2 N–H and O–H groups in total. The summed E-state index contributed by atoms with van der Waals surface area (Å²) in [6, 6.07) is 8.58. The molecule has 0 bridgehead atoms. The minimum absolute atomic E-state index is 0.115. The summed E-state index contributed by atoms with van der Waals surface area (Å²) >= 11 is 0. The van der Waals surface area contributed by atoms with Crippen LogP contribution >= 0.6 is 0 Å². The molecule has 1 atom stereocenters. The van der Waals surface area contributed by atoms with Crippen molar-refractivity contribution in [3.63, 3.8) is 0 Å². The van der Waals surface area contributed by atoms with Crippen molar-refractivity contribution in [1.82, 2.24) is 20.7 Å². The molecule has 2 rings (SSSR count). The van der Waals surface area contributed by atoms with E-state index >= 15 is 0 Å². The predicted octanol–water partition coefficient (Wildman–Crippen LogP) is 1.81. The summed E-state index contributed by atoms with van der Waals surface area (Å²) < 4.78 is 0. The van der Waals surface area contributed by atoms with Gasteiger partial charge in [0.2, 0.25) is 0 Å². The molecule has 1 aromatic heterocycles. The van der Waals surface area contributed by atoms with Gasteiger partial charge in [-0.05, 0) is 19.0 Å². The zero-order chi connectivity index (χ0) is 11.4. The van der Waals surface area contributed by atoms with Crippen LogP contribution in [0.2, 0.25) is 0 Å². The lowest BCUT2D eigenvalue weighted by molar-refractivity contribution is 0.613. The molecular weight excluding hydrogens is 200 g/mol. The van der Waals surface area contributed by atoms with Gasteiger partial charge in [-0.15, -0.1) is 0 Å². The standard InChI is InChI=1S/C12H16N4/c1-3-13-12(11-8-14-16-15-11)10-6-4-9(2)5-7-10/h4-8,12-13H,3H2,1-2H3,(H,14,15,16). The van der Waals surface area contributed by atoms with E-state index in [-0.39, 0.29) is 6.04 Å². The number of hydrogen-bond acceptors (Lipinski definition) is 3. The van der Waals surface area contributed by atoms with Crippen LogP contribution in [0, 0.1) is 6.92 Å². The van der Waals surface area contributed by atoms with E-state index in [2.05, 4.69) is 58.8 Å². The van der Waals surface area contributed by atoms with Crippen LogP contribution in [0.15, 0.2) is 30.5 Å². The van der Waals surface area contributed by atoms with E-state index in [1.807, 2.05) is 0 Å². The van der Waals surface area contributed by atoms with E-state index in [1.165, 1.54) is 11.1 Å². The van der Waals surface area contributed by atoms with Crippen LogP contribution < -0.4 is 5.32 Å². The molecule has 84 valence electrons. The Bertz CT molecular complexity index is 419. The summed E-state index contributed by atoms with van der Waals surface area (Å²) in [4.78, 5) is 0. The minimum Gasteiger partial charge on any atom is -0.305 e. The maximum absolute atomic E-state index is 4.14. The number of H-pyrrole nitrogens is 1. The second-order valence-electron chi connectivity index (χ2n) is 3.80. The summed E-state index contributed by atoms with van der Waals surface area (Å²) in [7, 11) is 0. The van der Waals surface area contributed by atoms with Crippen molar-refractivity contribution in [2.45, 2.75) is 19.9 Å². The second kappa shape index (κ2) is 4.90. The fourth-order valence-corrected chi connectivity index (χ4v) is 1.71. The van der Waals surface area contributed by atoms with E-state index < -0.39 is 0 Å². The van der Waals surface area contributed by atoms with Gasteiger partial charge in [-0.2, -0.15) is 15.4 Å². The summed E-state index contributed by atoms with van der Waals surface area (Å²) in [5, 5.41) is 14.0. The van der Waals surface area contributed by atoms with Gasteiger partial charge in [0.15, 0.2) is 0 Å². The van der Waals surface area contributed by atoms with Crippen molar-refractivity contribution in [2.75, 3.05) is 6.54 Å². The Hall–Kier alpha value is -1.68. The van der Waals surface area contributed by atoms with Crippen molar-refractivity contribution in [2.24, 2.45) is 0 Å². The summed E-state index contributed by atoms with van der Waals surface area (Å²) in [5.74, 6) is 0. The number of rotatable bonds is 4. The highest BCUT2D eigenvalue weighted by Crippen LogP contribution is 2.19. The largest absolute Gasteiger partial charge is 0.305 e. The molecule has 0 saturated carbocycles. The van der Waals surface area contributed by atoms with E-state index in [0.29, 0.717) is 0 Å². The van der Waals surface area contributed by atoms with Crippen LogP contribution in [0.1, 0.15) is 29.8 Å². The van der Waals surface area contributed by atoms with E-state index in [4.69, 9.17) is 0 Å². The van der Waals surface area contributed by atoms with Gasteiger partial charge >= 0.3 is 0 Å². The van der Waals surface area contributed by atoms with Gasteiger partial charge in [-0.3, -0.25) is 0 Å². The Kier molecular flexibility index (Phi) is 3.31. The SMILES string of the molecule is CCNC(c1ccc(C)cc1)c1cn[nH]n1. The molecule has 4 nitrogen and oxygen atoms in total. The number of aryl methyl sites for hydroxylation is 1. The minimum atomic E-state index is 0.115. The Morgan fingerprint density at radius 2 is 2.06 bits per heavy atom. The zero-order valence-corrected chi connectivity index (χ0v) is 9.57. The quantitative estimate of drug-likeness (QED) is 0.819. The van der Waals surface area contributed by atoms with Gasteiger partial charge in [0.25, 0.3) is 0 Å². The van der Waals surface area contributed by atoms with Crippen LogP contribution in [0.25, 0.3) is 0 Å². The molecule has 0 spiro atoms. The lowest BCUT2D eigenvalue weighted by atomic mass is 10.0. The Morgan fingerprint density at radius 1 is 1.31 bits per heavy atom. The average Bonchev–Trinajstić information content (AvgIpc) is 2.81. The fraction of sp³-hybridized carbons (Fsp3) is 0.333. The van der Waals surface area contributed by atoms with Crippen molar-refractivity contribution in [3.05, 3.63) is 47.3 Å². The molecular formula is C12H16N4. The first-order valence-electron chi connectivity index (χ1n) is 5.47. The van der Waals surface area contributed by atoms with E-state index in [1.54, 1.807) is 6.20 Å². The van der Waals surface area contributed by atoms with E-state index in [0.717, 1.165) is 12.2 Å². The number of aromatic nitrogens is 3. The first-order chi connectivity index (χ1) is 7.81. The maximum atomic E-state index is 4.14. The first kappa shape index (κ1) is 10.8. The molecule has 1 unspecified atom stereocenters. The van der Waals surface area contributed by atoms with Crippen LogP contribution in [0.5, 0.6) is 0 Å². The molecule has 4 heteroatoms. The number of hydrogen-bond donors (Lipinski definition) is 2. The number of aromatic amines is 1. The van der Waals surface area contributed by atoms with Gasteiger partial charge in [-0.1, -0.05) is 36.8 Å². The molecule has 16 heavy (non-hydrogen) atoms. The number of nitrogens with zero attached hydrogens (tertiary/aromatic N) is 2. The summed E-state index contributed by atoms with van der Waals surface area (Å²) in [6.07, 6.45) is 1.76. The van der Waals surface area contributed by atoms with E-state index in [9.17, 15) is 0 Å². The van der Waals surface area contributed by atoms with Crippen molar-refractivity contribution < 1.29 is 0 Å². The molecule has 0 radical (unpaired) electrons. The smallest absolute Gasteiger partial charge is 0.104 e. The number of nitrogens with one attached hydrogen (secondary N) is 2. The predicted molar refractivity (Wildman–Crippen MR) is 63.1 cm³/mol. The van der Waals surface area contributed by atoms with Gasteiger partial charge in [0.05, 0.1) is 12.2 Å². The number of benzene rings is 1.